The molecule has 0 bridgehead atoms. The molecule has 2 aromatic carbocycles. The lowest BCUT2D eigenvalue weighted by molar-refractivity contribution is 0.262. The highest BCUT2D eigenvalue weighted by Crippen LogP contribution is 2.26. The van der Waals surface area contributed by atoms with Gasteiger partial charge in [-0.15, -0.1) is 0 Å². The molecule has 0 radical (unpaired) electrons. The molecule has 0 aromatic heterocycles. The first-order valence-electron chi connectivity index (χ1n) is 8.74. The molecule has 2 fully saturated rings. The van der Waals surface area contributed by atoms with Gasteiger partial charge in [0, 0.05) is 6.07 Å². The SMILES string of the molecule is COc1cc(/C=C/c2cccc(OCC3CO3)c2)cc(OCC2CO2)c1. The van der Waals surface area contributed by atoms with Gasteiger partial charge in [-0.05, 0) is 35.4 Å². The molecule has 0 saturated carbocycles. The largest absolute Gasteiger partial charge is 0.497 e. The molecule has 26 heavy (non-hydrogen) atoms. The Hall–Kier alpha value is -2.50. The lowest BCUT2D eigenvalue weighted by atomic mass is 10.1. The van der Waals surface area contributed by atoms with E-state index in [0.717, 1.165) is 41.6 Å². The van der Waals surface area contributed by atoms with Gasteiger partial charge < -0.3 is 23.7 Å². The third-order valence-corrected chi connectivity index (χ3v) is 4.14. The molecule has 0 N–H and O–H groups in total. The lowest BCUT2D eigenvalue weighted by Gasteiger charge is -2.08. The van der Waals surface area contributed by atoms with Gasteiger partial charge in [0.1, 0.15) is 42.7 Å². The average molecular weight is 354 g/mol. The van der Waals surface area contributed by atoms with Crippen molar-refractivity contribution in [3.8, 4) is 17.2 Å². The summed E-state index contributed by atoms with van der Waals surface area (Å²) in [5.74, 6) is 2.39. The van der Waals surface area contributed by atoms with Crippen molar-refractivity contribution in [2.45, 2.75) is 12.2 Å². The fourth-order valence-electron chi connectivity index (χ4n) is 2.50. The molecule has 0 spiro atoms. The van der Waals surface area contributed by atoms with Crippen molar-refractivity contribution >= 4 is 12.2 Å². The van der Waals surface area contributed by atoms with E-state index in [-0.39, 0.29) is 12.2 Å². The van der Waals surface area contributed by atoms with Crippen LogP contribution >= 0.6 is 0 Å². The molecule has 5 heteroatoms. The first kappa shape index (κ1) is 16.9. The van der Waals surface area contributed by atoms with Crippen molar-refractivity contribution in [1.82, 2.24) is 0 Å². The molecule has 5 nitrogen and oxygen atoms in total. The highest BCUT2D eigenvalue weighted by atomic mass is 16.6. The molecule has 2 atom stereocenters. The predicted octanol–water partition coefficient (Wildman–Crippen LogP) is 3.42. The van der Waals surface area contributed by atoms with Gasteiger partial charge in [-0.1, -0.05) is 24.3 Å². The molecule has 136 valence electrons. The molecule has 2 saturated heterocycles. The van der Waals surface area contributed by atoms with Gasteiger partial charge in [0.15, 0.2) is 0 Å². The van der Waals surface area contributed by atoms with E-state index in [1.807, 2.05) is 54.6 Å². The van der Waals surface area contributed by atoms with E-state index in [0.29, 0.717) is 13.2 Å². The second kappa shape index (κ2) is 7.81. The van der Waals surface area contributed by atoms with Crippen LogP contribution in [-0.2, 0) is 9.47 Å². The first-order chi connectivity index (χ1) is 12.8. The molecule has 0 aliphatic carbocycles. The van der Waals surface area contributed by atoms with E-state index in [1.165, 1.54) is 0 Å². The maximum absolute atomic E-state index is 5.77. The predicted molar refractivity (Wildman–Crippen MR) is 98.8 cm³/mol. The summed E-state index contributed by atoms with van der Waals surface area (Å²) in [4.78, 5) is 0. The van der Waals surface area contributed by atoms with E-state index in [2.05, 4.69) is 0 Å². The highest BCUT2D eigenvalue weighted by Gasteiger charge is 2.23. The molecular formula is C21H22O5. The zero-order valence-corrected chi connectivity index (χ0v) is 14.7. The van der Waals surface area contributed by atoms with Gasteiger partial charge in [-0.3, -0.25) is 0 Å². The monoisotopic (exact) mass is 354 g/mol. The van der Waals surface area contributed by atoms with Crippen LogP contribution in [-0.4, -0.2) is 45.7 Å². The van der Waals surface area contributed by atoms with Crippen molar-refractivity contribution in [2.75, 3.05) is 33.5 Å². The van der Waals surface area contributed by atoms with Gasteiger partial charge >= 0.3 is 0 Å². The Kier molecular flexibility index (Phi) is 5.09. The molecule has 2 aliphatic rings. The Morgan fingerprint density at radius 1 is 0.846 bits per heavy atom. The molecular weight excluding hydrogens is 332 g/mol. The maximum atomic E-state index is 5.77. The second-order valence-corrected chi connectivity index (χ2v) is 6.38. The average Bonchev–Trinajstić information content (AvgIpc) is 3.57. The molecule has 2 heterocycles. The normalized spacial score (nSPS) is 20.8. The fraction of sp³-hybridized carbons (Fsp3) is 0.333. The number of ether oxygens (including phenoxy) is 5. The van der Waals surface area contributed by atoms with Crippen LogP contribution in [0.15, 0.2) is 42.5 Å². The summed E-state index contributed by atoms with van der Waals surface area (Å²) in [6.45, 7) is 2.75. The molecule has 4 rings (SSSR count). The van der Waals surface area contributed by atoms with E-state index >= 15 is 0 Å². The van der Waals surface area contributed by atoms with Crippen LogP contribution in [0.25, 0.3) is 12.2 Å². The Morgan fingerprint density at radius 2 is 1.46 bits per heavy atom. The van der Waals surface area contributed by atoms with Crippen LogP contribution in [0.3, 0.4) is 0 Å². The van der Waals surface area contributed by atoms with Crippen LogP contribution in [0.2, 0.25) is 0 Å². The van der Waals surface area contributed by atoms with Crippen LogP contribution in [0.4, 0.5) is 0 Å². The van der Waals surface area contributed by atoms with E-state index in [9.17, 15) is 0 Å². The minimum absolute atomic E-state index is 0.226. The van der Waals surface area contributed by atoms with Gasteiger partial charge in [0.2, 0.25) is 0 Å². The smallest absolute Gasteiger partial charge is 0.123 e. The number of hydrogen-bond donors (Lipinski definition) is 0. The molecule has 2 aromatic rings. The zero-order valence-electron chi connectivity index (χ0n) is 14.7. The summed E-state index contributed by atoms with van der Waals surface area (Å²) in [5, 5.41) is 0. The summed E-state index contributed by atoms with van der Waals surface area (Å²) < 4.78 is 27.2. The van der Waals surface area contributed by atoms with Crippen molar-refractivity contribution < 1.29 is 23.7 Å². The van der Waals surface area contributed by atoms with Gasteiger partial charge in [0.25, 0.3) is 0 Å². The molecule has 2 aliphatic heterocycles. The van der Waals surface area contributed by atoms with Gasteiger partial charge in [-0.25, -0.2) is 0 Å². The minimum atomic E-state index is 0.226. The van der Waals surface area contributed by atoms with Crippen molar-refractivity contribution in [3.63, 3.8) is 0 Å². The number of methoxy groups -OCH3 is 1. The van der Waals surface area contributed by atoms with E-state index < -0.39 is 0 Å². The standard InChI is InChI=1S/C21H22O5/c1-22-18-8-16(9-19(10-18)24-12-21-14-26-21)6-5-15-3-2-4-17(7-15)23-11-20-13-25-20/h2-10,20-21H,11-14H2,1H3/b6-5+. The number of rotatable bonds is 9. The van der Waals surface area contributed by atoms with Crippen molar-refractivity contribution in [1.29, 1.82) is 0 Å². The van der Waals surface area contributed by atoms with Crippen LogP contribution in [0.5, 0.6) is 17.2 Å². The molecule has 2 unspecified atom stereocenters. The minimum Gasteiger partial charge on any atom is -0.497 e. The Balaban J connectivity index is 1.44. The van der Waals surface area contributed by atoms with Gasteiger partial charge in [0.05, 0.1) is 20.3 Å². The lowest BCUT2D eigenvalue weighted by Crippen LogP contribution is -2.04. The van der Waals surface area contributed by atoms with E-state index in [1.54, 1.807) is 7.11 Å². The number of epoxide rings is 2. The van der Waals surface area contributed by atoms with Crippen LogP contribution in [0, 0.1) is 0 Å². The van der Waals surface area contributed by atoms with E-state index in [4.69, 9.17) is 23.7 Å². The Labute approximate surface area is 153 Å². The van der Waals surface area contributed by atoms with Crippen LogP contribution in [0.1, 0.15) is 11.1 Å². The summed E-state index contributed by atoms with van der Waals surface area (Å²) in [7, 11) is 1.65. The number of hydrogen-bond acceptors (Lipinski definition) is 5. The topological polar surface area (TPSA) is 52.8 Å². The summed E-state index contributed by atoms with van der Waals surface area (Å²) in [6.07, 6.45) is 4.56. The Morgan fingerprint density at radius 3 is 2.15 bits per heavy atom. The summed E-state index contributed by atoms with van der Waals surface area (Å²) >= 11 is 0. The third kappa shape index (κ3) is 5.00. The highest BCUT2D eigenvalue weighted by molar-refractivity contribution is 5.71. The fourth-order valence-corrected chi connectivity index (χ4v) is 2.50. The first-order valence-corrected chi connectivity index (χ1v) is 8.74. The molecule has 0 amide bonds. The van der Waals surface area contributed by atoms with Gasteiger partial charge in [-0.2, -0.15) is 0 Å². The van der Waals surface area contributed by atoms with Crippen LogP contribution < -0.4 is 14.2 Å². The third-order valence-electron chi connectivity index (χ3n) is 4.14. The maximum Gasteiger partial charge on any atom is 0.123 e. The summed E-state index contributed by atoms with van der Waals surface area (Å²) in [6, 6.07) is 13.8. The number of benzene rings is 2. The van der Waals surface area contributed by atoms with Crippen molar-refractivity contribution in [2.24, 2.45) is 0 Å². The van der Waals surface area contributed by atoms with Crippen molar-refractivity contribution in [3.05, 3.63) is 53.6 Å². The Bertz CT molecular complexity index is 778. The summed E-state index contributed by atoms with van der Waals surface area (Å²) in [5.41, 5.74) is 2.07. The zero-order chi connectivity index (χ0) is 17.8. The quantitative estimate of drug-likeness (QED) is 0.510. The second-order valence-electron chi connectivity index (χ2n) is 6.38.